The van der Waals surface area contributed by atoms with Gasteiger partial charge in [-0.3, -0.25) is 19.7 Å². The number of rotatable bonds is 5. The SMILES string of the molecule is CCOC(=O)c1c(N2C(=O)C3C(Cc4ccccc4)NC4(C(=O)Nc5ccccc54)C3C2=O)sc2c1CCC2. The van der Waals surface area contributed by atoms with Gasteiger partial charge in [0.15, 0.2) is 0 Å². The number of fused-ring (bicyclic) bond motifs is 5. The van der Waals surface area contributed by atoms with E-state index in [0.717, 1.165) is 28.8 Å². The molecule has 2 fully saturated rings. The quantitative estimate of drug-likeness (QED) is 0.378. The van der Waals surface area contributed by atoms with Gasteiger partial charge in [0.25, 0.3) is 0 Å². The molecule has 8 nitrogen and oxygen atoms in total. The highest BCUT2D eigenvalue weighted by atomic mass is 32.1. The standard InChI is InChI=1S/C30H27N3O5S/c1-2-38-28(36)22-17-11-8-14-21(17)39-27(22)33-25(34)23-20(15-16-9-4-3-5-10-16)32-30(24(23)26(33)35)18-12-6-7-13-19(18)31-29(30)37/h3-7,9-10,12-13,20,23-24,32H,2,8,11,14-15H2,1H3,(H,31,37). The number of aryl methyl sites for hydroxylation is 1. The summed E-state index contributed by atoms with van der Waals surface area (Å²) in [5.74, 6) is -3.40. The molecule has 4 aliphatic rings. The molecule has 3 aromatic rings. The van der Waals surface area contributed by atoms with Gasteiger partial charge in [-0.25, -0.2) is 9.69 Å². The molecule has 1 aliphatic carbocycles. The van der Waals surface area contributed by atoms with Crippen LogP contribution in [0.2, 0.25) is 0 Å². The first-order chi connectivity index (χ1) is 19.0. The van der Waals surface area contributed by atoms with E-state index in [0.29, 0.717) is 34.7 Å². The summed E-state index contributed by atoms with van der Waals surface area (Å²) < 4.78 is 5.38. The number of thiophene rings is 1. The number of hydrogen-bond acceptors (Lipinski definition) is 7. The molecule has 2 N–H and O–H groups in total. The molecule has 1 spiro atoms. The Morgan fingerprint density at radius 3 is 2.62 bits per heavy atom. The van der Waals surface area contributed by atoms with Crippen molar-refractivity contribution in [1.29, 1.82) is 0 Å². The van der Waals surface area contributed by atoms with Crippen molar-refractivity contribution in [3.63, 3.8) is 0 Å². The van der Waals surface area contributed by atoms with Crippen molar-refractivity contribution >= 4 is 45.7 Å². The highest BCUT2D eigenvalue weighted by molar-refractivity contribution is 7.17. The van der Waals surface area contributed by atoms with Crippen LogP contribution in [0, 0.1) is 11.8 Å². The summed E-state index contributed by atoms with van der Waals surface area (Å²) in [5.41, 5.74) is 2.13. The van der Waals surface area contributed by atoms with Gasteiger partial charge in [0.1, 0.15) is 10.5 Å². The van der Waals surface area contributed by atoms with Crippen LogP contribution in [0.5, 0.6) is 0 Å². The Kier molecular flexibility index (Phi) is 5.50. The average Bonchev–Trinajstić information content (AvgIpc) is 3.70. The van der Waals surface area contributed by atoms with Gasteiger partial charge in [0, 0.05) is 22.2 Å². The third kappa shape index (κ3) is 3.32. The van der Waals surface area contributed by atoms with E-state index in [9.17, 15) is 19.2 Å². The summed E-state index contributed by atoms with van der Waals surface area (Å²) in [6.45, 7) is 1.93. The zero-order chi connectivity index (χ0) is 26.9. The van der Waals surface area contributed by atoms with Crippen LogP contribution < -0.4 is 15.5 Å². The Labute approximate surface area is 229 Å². The number of anilines is 2. The topological polar surface area (TPSA) is 105 Å². The van der Waals surface area contributed by atoms with Crippen LogP contribution in [0.1, 0.15) is 45.3 Å². The molecule has 4 heterocycles. The molecule has 3 amide bonds. The van der Waals surface area contributed by atoms with Gasteiger partial charge < -0.3 is 10.1 Å². The second-order valence-corrected chi connectivity index (χ2v) is 11.6. The Bertz CT molecular complexity index is 1550. The normalized spacial score (nSPS) is 26.6. The summed E-state index contributed by atoms with van der Waals surface area (Å²) in [7, 11) is 0. The molecule has 7 rings (SSSR count). The van der Waals surface area contributed by atoms with Gasteiger partial charge in [-0.05, 0) is 49.8 Å². The van der Waals surface area contributed by atoms with Crippen molar-refractivity contribution in [1.82, 2.24) is 5.32 Å². The van der Waals surface area contributed by atoms with Crippen LogP contribution >= 0.6 is 11.3 Å². The molecule has 0 saturated carbocycles. The Hall–Kier alpha value is -3.82. The highest BCUT2D eigenvalue weighted by Crippen LogP contribution is 2.55. The number of imide groups is 1. The number of para-hydroxylation sites is 1. The van der Waals surface area contributed by atoms with Crippen LogP contribution in [0.3, 0.4) is 0 Å². The van der Waals surface area contributed by atoms with E-state index >= 15 is 0 Å². The van der Waals surface area contributed by atoms with Crippen LogP contribution in [0.15, 0.2) is 54.6 Å². The van der Waals surface area contributed by atoms with Crippen molar-refractivity contribution < 1.29 is 23.9 Å². The molecule has 198 valence electrons. The van der Waals surface area contributed by atoms with Gasteiger partial charge >= 0.3 is 5.97 Å². The van der Waals surface area contributed by atoms with E-state index in [2.05, 4.69) is 10.6 Å². The molecule has 1 aromatic heterocycles. The predicted octanol–water partition coefficient (Wildman–Crippen LogP) is 3.58. The maximum absolute atomic E-state index is 14.4. The molecule has 4 atom stereocenters. The van der Waals surface area contributed by atoms with Crippen molar-refractivity contribution in [2.24, 2.45) is 11.8 Å². The fourth-order valence-electron chi connectivity index (χ4n) is 6.96. The number of ether oxygens (including phenoxy) is 1. The van der Waals surface area contributed by atoms with Crippen molar-refractivity contribution in [2.75, 3.05) is 16.8 Å². The Morgan fingerprint density at radius 1 is 1.05 bits per heavy atom. The summed E-state index contributed by atoms with van der Waals surface area (Å²) >= 11 is 1.33. The molecule has 0 bridgehead atoms. The van der Waals surface area contributed by atoms with E-state index in [4.69, 9.17) is 4.74 Å². The number of carbonyl (C=O) groups excluding carboxylic acids is 4. The van der Waals surface area contributed by atoms with Crippen LogP contribution in [0.25, 0.3) is 0 Å². The Balaban J connectivity index is 1.38. The second kappa shape index (κ2) is 8.86. The van der Waals surface area contributed by atoms with Crippen LogP contribution in [-0.2, 0) is 43.9 Å². The van der Waals surface area contributed by atoms with Crippen molar-refractivity contribution in [3.05, 3.63) is 81.7 Å². The molecular formula is C30H27N3O5S. The average molecular weight is 542 g/mol. The number of benzene rings is 2. The number of hydrogen-bond donors (Lipinski definition) is 2. The van der Waals surface area contributed by atoms with Gasteiger partial charge in [-0.15, -0.1) is 11.3 Å². The third-order valence-corrected chi connectivity index (χ3v) is 9.78. The first-order valence-electron chi connectivity index (χ1n) is 13.4. The lowest BCUT2D eigenvalue weighted by Gasteiger charge is -2.29. The monoisotopic (exact) mass is 541 g/mol. The fraction of sp³-hybridized carbons (Fsp3) is 0.333. The summed E-state index contributed by atoms with van der Waals surface area (Å²) in [5, 5.41) is 6.76. The van der Waals surface area contributed by atoms with Crippen molar-refractivity contribution in [3.8, 4) is 0 Å². The zero-order valence-electron chi connectivity index (χ0n) is 21.4. The summed E-state index contributed by atoms with van der Waals surface area (Å²) in [6.07, 6.45) is 2.90. The number of esters is 1. The summed E-state index contributed by atoms with van der Waals surface area (Å²) in [6, 6.07) is 16.6. The van der Waals surface area contributed by atoms with Gasteiger partial charge in [-0.1, -0.05) is 48.5 Å². The number of carbonyl (C=O) groups is 4. The molecular weight excluding hydrogens is 514 g/mol. The van der Waals surface area contributed by atoms with E-state index in [1.165, 1.54) is 16.2 Å². The minimum atomic E-state index is -1.38. The minimum absolute atomic E-state index is 0.194. The van der Waals surface area contributed by atoms with E-state index < -0.39 is 35.3 Å². The minimum Gasteiger partial charge on any atom is -0.462 e. The lowest BCUT2D eigenvalue weighted by Crippen LogP contribution is -2.53. The number of nitrogens with one attached hydrogen (secondary N) is 2. The van der Waals surface area contributed by atoms with E-state index in [-0.39, 0.29) is 18.4 Å². The maximum atomic E-state index is 14.4. The fourth-order valence-corrected chi connectivity index (χ4v) is 8.35. The molecule has 3 aliphatic heterocycles. The molecule has 4 unspecified atom stereocenters. The number of nitrogens with zero attached hydrogens (tertiary/aromatic N) is 1. The molecule has 2 saturated heterocycles. The second-order valence-electron chi connectivity index (χ2n) is 10.5. The summed E-state index contributed by atoms with van der Waals surface area (Å²) in [4.78, 5) is 57.8. The zero-order valence-corrected chi connectivity index (χ0v) is 22.2. The van der Waals surface area contributed by atoms with Gasteiger partial charge in [0.2, 0.25) is 17.7 Å². The lowest BCUT2D eigenvalue weighted by molar-refractivity contribution is -0.130. The molecule has 0 radical (unpaired) electrons. The van der Waals surface area contributed by atoms with Crippen LogP contribution in [-0.4, -0.2) is 36.3 Å². The first-order valence-corrected chi connectivity index (χ1v) is 14.2. The molecule has 9 heteroatoms. The van der Waals surface area contributed by atoms with Crippen molar-refractivity contribution in [2.45, 2.75) is 44.2 Å². The van der Waals surface area contributed by atoms with E-state index in [1.54, 1.807) is 6.92 Å². The largest absolute Gasteiger partial charge is 0.462 e. The smallest absolute Gasteiger partial charge is 0.341 e. The predicted molar refractivity (Wildman–Crippen MR) is 146 cm³/mol. The Morgan fingerprint density at radius 2 is 1.82 bits per heavy atom. The van der Waals surface area contributed by atoms with E-state index in [1.807, 2.05) is 54.6 Å². The van der Waals surface area contributed by atoms with Gasteiger partial charge in [-0.2, -0.15) is 0 Å². The first kappa shape index (κ1) is 24.2. The lowest BCUT2D eigenvalue weighted by atomic mass is 9.76. The third-order valence-electron chi connectivity index (χ3n) is 8.51. The van der Waals surface area contributed by atoms with Crippen LogP contribution in [0.4, 0.5) is 10.7 Å². The van der Waals surface area contributed by atoms with Gasteiger partial charge in [0.05, 0.1) is 24.0 Å². The number of amides is 3. The molecule has 2 aromatic carbocycles. The maximum Gasteiger partial charge on any atom is 0.341 e. The highest BCUT2D eigenvalue weighted by Gasteiger charge is 2.71. The molecule has 39 heavy (non-hydrogen) atoms.